The number of nitrogens with two attached hydrogens (primary N) is 1. The quantitative estimate of drug-likeness (QED) is 0.341. The number of rotatable bonds is 6. The second-order valence-electron chi connectivity index (χ2n) is 7.43. The highest BCUT2D eigenvalue weighted by molar-refractivity contribution is 5.94. The molecule has 10 heteroatoms. The van der Waals surface area contributed by atoms with Gasteiger partial charge in [-0.2, -0.15) is 0 Å². The number of nitrogens with zero attached hydrogens (tertiary/aromatic N) is 4. The Kier molecular flexibility index (Phi) is 5.02. The zero-order valence-electron chi connectivity index (χ0n) is 17.6. The molecule has 1 aromatic heterocycles. The van der Waals surface area contributed by atoms with Gasteiger partial charge in [-0.15, -0.1) is 0 Å². The van der Waals surface area contributed by atoms with Crippen LogP contribution < -0.4 is 20.5 Å². The molecular formula is C23H20N6O4. The van der Waals surface area contributed by atoms with Crippen LogP contribution >= 0.6 is 0 Å². The maximum atomic E-state index is 10.8. The van der Waals surface area contributed by atoms with Crippen molar-refractivity contribution >= 4 is 28.6 Å². The average molecular weight is 444 g/mol. The SMILES string of the molecule is COc1cc(C2N=C(N)Nc3nc4ccccc4n32)ccc1OCc1ccc([N+](=O)[O-])cc1. The molecule has 0 saturated carbocycles. The Morgan fingerprint density at radius 3 is 2.67 bits per heavy atom. The number of fused-ring (bicyclic) bond motifs is 3. The Labute approximate surface area is 188 Å². The summed E-state index contributed by atoms with van der Waals surface area (Å²) in [6, 6.07) is 19.6. The number of aliphatic imine (C=N–C) groups is 1. The van der Waals surface area contributed by atoms with Crippen molar-refractivity contribution in [3.63, 3.8) is 0 Å². The van der Waals surface area contributed by atoms with Crippen LogP contribution in [0.3, 0.4) is 0 Å². The van der Waals surface area contributed by atoms with Crippen LogP contribution in [0.25, 0.3) is 11.0 Å². The summed E-state index contributed by atoms with van der Waals surface area (Å²) in [7, 11) is 1.57. The van der Waals surface area contributed by atoms with E-state index in [0.29, 0.717) is 17.4 Å². The number of para-hydroxylation sites is 2. The molecule has 3 N–H and O–H groups in total. The first-order valence-corrected chi connectivity index (χ1v) is 10.1. The first kappa shape index (κ1) is 20.3. The van der Waals surface area contributed by atoms with Crippen molar-refractivity contribution in [2.24, 2.45) is 10.7 Å². The Hall–Kier alpha value is -4.60. The molecule has 33 heavy (non-hydrogen) atoms. The van der Waals surface area contributed by atoms with Gasteiger partial charge in [0, 0.05) is 17.7 Å². The van der Waals surface area contributed by atoms with Gasteiger partial charge < -0.3 is 15.2 Å². The summed E-state index contributed by atoms with van der Waals surface area (Å²) in [5.41, 5.74) is 9.48. The molecule has 4 aromatic rings. The zero-order valence-corrected chi connectivity index (χ0v) is 17.6. The highest BCUT2D eigenvalue weighted by Gasteiger charge is 2.26. The van der Waals surface area contributed by atoms with E-state index >= 15 is 0 Å². The van der Waals surface area contributed by atoms with E-state index in [1.54, 1.807) is 19.2 Å². The summed E-state index contributed by atoms with van der Waals surface area (Å²) in [5.74, 6) is 1.97. The lowest BCUT2D eigenvalue weighted by molar-refractivity contribution is -0.384. The number of ether oxygens (including phenoxy) is 2. The van der Waals surface area contributed by atoms with E-state index in [4.69, 9.17) is 15.2 Å². The fraction of sp³-hybridized carbons (Fsp3) is 0.130. The van der Waals surface area contributed by atoms with Crippen LogP contribution in [0, 0.1) is 10.1 Å². The van der Waals surface area contributed by atoms with Gasteiger partial charge >= 0.3 is 0 Å². The molecule has 5 rings (SSSR count). The van der Waals surface area contributed by atoms with Crippen LogP contribution in [-0.4, -0.2) is 27.5 Å². The summed E-state index contributed by atoms with van der Waals surface area (Å²) in [6.07, 6.45) is -0.425. The molecule has 0 amide bonds. The van der Waals surface area contributed by atoms with Crippen LogP contribution in [-0.2, 0) is 6.61 Å². The number of hydrogen-bond acceptors (Lipinski definition) is 8. The molecule has 2 heterocycles. The van der Waals surface area contributed by atoms with Gasteiger partial charge in [-0.3, -0.25) is 20.0 Å². The molecule has 3 aromatic carbocycles. The second-order valence-corrected chi connectivity index (χ2v) is 7.43. The van der Waals surface area contributed by atoms with Crippen LogP contribution in [0.15, 0.2) is 71.7 Å². The maximum absolute atomic E-state index is 10.8. The van der Waals surface area contributed by atoms with E-state index in [9.17, 15) is 10.1 Å². The lowest BCUT2D eigenvalue weighted by Gasteiger charge is -2.24. The topological polar surface area (TPSA) is 130 Å². The molecule has 10 nitrogen and oxygen atoms in total. The van der Waals surface area contributed by atoms with Crippen LogP contribution in [0.2, 0.25) is 0 Å². The molecule has 0 spiro atoms. The Balaban J connectivity index is 1.44. The number of nitro groups is 1. The Morgan fingerprint density at radius 1 is 1.12 bits per heavy atom. The summed E-state index contributed by atoms with van der Waals surface area (Å²) in [4.78, 5) is 19.6. The highest BCUT2D eigenvalue weighted by Crippen LogP contribution is 2.36. The van der Waals surface area contributed by atoms with Gasteiger partial charge in [0.25, 0.3) is 5.69 Å². The first-order valence-electron chi connectivity index (χ1n) is 10.1. The molecule has 1 aliphatic heterocycles. The van der Waals surface area contributed by atoms with E-state index in [1.807, 2.05) is 47.0 Å². The summed E-state index contributed by atoms with van der Waals surface area (Å²) >= 11 is 0. The summed E-state index contributed by atoms with van der Waals surface area (Å²) < 4.78 is 13.5. The molecule has 166 valence electrons. The summed E-state index contributed by atoms with van der Waals surface area (Å²) in [5, 5.41) is 13.8. The van der Waals surface area contributed by atoms with Crippen LogP contribution in [0.5, 0.6) is 11.5 Å². The third-order valence-electron chi connectivity index (χ3n) is 5.37. The molecule has 1 aliphatic rings. The predicted molar refractivity (Wildman–Crippen MR) is 124 cm³/mol. The van der Waals surface area contributed by atoms with Gasteiger partial charge in [-0.05, 0) is 42.0 Å². The number of benzene rings is 3. The molecular weight excluding hydrogens is 424 g/mol. The van der Waals surface area contributed by atoms with Crippen molar-refractivity contribution in [2.45, 2.75) is 12.8 Å². The lowest BCUT2D eigenvalue weighted by Crippen LogP contribution is -2.31. The van der Waals surface area contributed by atoms with Crippen molar-refractivity contribution in [1.82, 2.24) is 9.55 Å². The van der Waals surface area contributed by atoms with E-state index in [0.717, 1.165) is 22.2 Å². The van der Waals surface area contributed by atoms with Crippen molar-refractivity contribution in [2.75, 3.05) is 12.4 Å². The smallest absolute Gasteiger partial charge is 0.269 e. The van der Waals surface area contributed by atoms with Crippen molar-refractivity contribution in [1.29, 1.82) is 0 Å². The normalized spacial score (nSPS) is 14.8. The molecule has 0 bridgehead atoms. The Bertz CT molecular complexity index is 1380. The van der Waals surface area contributed by atoms with Crippen molar-refractivity contribution in [3.05, 3.63) is 88.0 Å². The Morgan fingerprint density at radius 2 is 1.91 bits per heavy atom. The minimum absolute atomic E-state index is 0.0360. The maximum Gasteiger partial charge on any atom is 0.269 e. The molecule has 0 saturated heterocycles. The van der Waals surface area contributed by atoms with Gasteiger partial charge in [0.15, 0.2) is 23.6 Å². The first-order chi connectivity index (χ1) is 16.0. The highest BCUT2D eigenvalue weighted by atomic mass is 16.6. The largest absolute Gasteiger partial charge is 0.493 e. The number of imidazole rings is 1. The van der Waals surface area contributed by atoms with Crippen molar-refractivity contribution < 1.29 is 14.4 Å². The average Bonchev–Trinajstić information content (AvgIpc) is 3.20. The van der Waals surface area contributed by atoms with Crippen LogP contribution in [0.1, 0.15) is 17.3 Å². The molecule has 0 fully saturated rings. The monoisotopic (exact) mass is 444 g/mol. The minimum atomic E-state index is -0.433. The molecule has 0 aliphatic carbocycles. The standard InChI is InChI=1S/C23H20N6O4/c1-32-20-12-15(8-11-19(20)33-13-14-6-9-16(10-7-14)29(30)31)21-26-22(24)27-23-25-17-4-2-3-5-18(17)28(21)23/h2-12,21H,13H2,1H3,(H3,24,25,26,27). The molecule has 1 unspecified atom stereocenters. The van der Waals surface area contributed by atoms with Gasteiger partial charge in [0.2, 0.25) is 5.95 Å². The number of methoxy groups -OCH3 is 1. The lowest BCUT2D eigenvalue weighted by atomic mass is 10.1. The number of nitro benzene ring substituents is 1. The number of aromatic nitrogens is 2. The number of anilines is 1. The van der Waals surface area contributed by atoms with E-state index in [2.05, 4.69) is 15.3 Å². The van der Waals surface area contributed by atoms with Gasteiger partial charge in [-0.1, -0.05) is 18.2 Å². The van der Waals surface area contributed by atoms with E-state index in [-0.39, 0.29) is 18.3 Å². The minimum Gasteiger partial charge on any atom is -0.493 e. The van der Waals surface area contributed by atoms with Gasteiger partial charge in [-0.25, -0.2) is 9.98 Å². The van der Waals surface area contributed by atoms with Crippen molar-refractivity contribution in [3.8, 4) is 11.5 Å². The zero-order chi connectivity index (χ0) is 22.9. The van der Waals surface area contributed by atoms with Gasteiger partial charge in [0.05, 0.1) is 23.1 Å². The molecule has 0 radical (unpaired) electrons. The molecule has 1 atom stereocenters. The number of nitrogens with one attached hydrogen (secondary N) is 1. The summed E-state index contributed by atoms with van der Waals surface area (Å²) in [6.45, 7) is 0.239. The number of guanidine groups is 1. The third kappa shape index (κ3) is 3.78. The number of non-ortho nitro benzene ring substituents is 1. The number of hydrogen-bond donors (Lipinski definition) is 2. The van der Waals surface area contributed by atoms with Gasteiger partial charge in [0.1, 0.15) is 6.61 Å². The predicted octanol–water partition coefficient (Wildman–Crippen LogP) is 3.82. The fourth-order valence-electron chi connectivity index (χ4n) is 3.78. The second kappa shape index (κ2) is 8.15. The van der Waals surface area contributed by atoms with Crippen LogP contribution in [0.4, 0.5) is 11.6 Å². The van der Waals surface area contributed by atoms with E-state index < -0.39 is 11.1 Å². The van der Waals surface area contributed by atoms with E-state index in [1.165, 1.54) is 12.1 Å². The fourth-order valence-corrected chi connectivity index (χ4v) is 3.78. The third-order valence-corrected chi connectivity index (χ3v) is 5.37.